The maximum absolute atomic E-state index is 15.5. The van der Waals surface area contributed by atoms with Gasteiger partial charge in [-0.15, -0.1) is 0 Å². The Morgan fingerprint density at radius 2 is 1.97 bits per heavy atom. The minimum atomic E-state index is -0.663. The average molecular weight is 495 g/mol. The molecule has 1 N–H and O–H groups in total. The summed E-state index contributed by atoms with van der Waals surface area (Å²) in [5, 5.41) is 14.8. The van der Waals surface area contributed by atoms with Gasteiger partial charge >= 0.3 is 0 Å². The molecule has 0 aliphatic heterocycles. The van der Waals surface area contributed by atoms with Gasteiger partial charge in [0.2, 0.25) is 0 Å². The third-order valence-corrected chi connectivity index (χ3v) is 5.19. The molecule has 0 spiro atoms. The van der Waals surface area contributed by atoms with Gasteiger partial charge in [0.25, 0.3) is 0 Å². The second-order valence-electron chi connectivity index (χ2n) is 8.18. The lowest BCUT2D eigenvalue weighted by Crippen LogP contribution is -2.16. The Labute approximate surface area is 207 Å². The van der Waals surface area contributed by atoms with Crippen LogP contribution < -0.4 is 14.4 Å². The van der Waals surface area contributed by atoms with Crippen molar-refractivity contribution in [2.24, 2.45) is 7.05 Å². The Morgan fingerprint density at radius 1 is 1.17 bits per heavy atom. The molecule has 0 fully saturated rings. The molecule has 0 saturated heterocycles. The fraction of sp³-hybridized carbons (Fsp3) is 0.280. The first-order valence-corrected chi connectivity index (χ1v) is 11.1. The standard InChI is InChI=1S/C25H27FN6O4/c1-15(2)36-14-17(33)13-32(21-8-18(34-4)9-22(35-5)24(21)26)23-7-6-19-25(30-23)29-20(11-27-19)16-10-28-31(3)12-16/h6-13,15,33H,14H2,1-5H3/b17-13-. The van der Waals surface area contributed by atoms with Crippen LogP contribution >= 0.6 is 0 Å². The van der Waals surface area contributed by atoms with Gasteiger partial charge in [-0.05, 0) is 26.0 Å². The summed E-state index contributed by atoms with van der Waals surface area (Å²) < 4.78 is 33.1. The highest BCUT2D eigenvalue weighted by Crippen LogP contribution is 2.37. The molecule has 10 nitrogen and oxygen atoms in total. The van der Waals surface area contributed by atoms with Crippen LogP contribution in [0.5, 0.6) is 11.5 Å². The molecule has 0 atom stereocenters. The molecule has 11 heteroatoms. The zero-order valence-corrected chi connectivity index (χ0v) is 20.6. The highest BCUT2D eigenvalue weighted by molar-refractivity contribution is 5.77. The third-order valence-electron chi connectivity index (χ3n) is 5.19. The number of hydrogen-bond donors (Lipinski definition) is 1. The maximum atomic E-state index is 15.5. The molecule has 0 radical (unpaired) electrons. The zero-order valence-electron chi connectivity index (χ0n) is 20.6. The normalized spacial score (nSPS) is 11.8. The predicted octanol–water partition coefficient (Wildman–Crippen LogP) is 4.54. The van der Waals surface area contributed by atoms with Gasteiger partial charge in [0.05, 0.1) is 50.3 Å². The number of anilines is 2. The molecule has 4 rings (SSSR count). The van der Waals surface area contributed by atoms with E-state index in [-0.39, 0.29) is 35.7 Å². The largest absolute Gasteiger partial charge is 0.508 e. The SMILES string of the molecule is COc1cc(OC)c(F)c(N(/C=C(\O)COC(C)C)c2ccc3ncc(-c4cnn(C)c4)nc3n2)c1. The molecule has 0 unspecified atom stereocenters. The van der Waals surface area contributed by atoms with E-state index in [4.69, 9.17) is 14.2 Å². The van der Waals surface area contributed by atoms with Gasteiger partial charge in [0.1, 0.15) is 29.5 Å². The average Bonchev–Trinajstić information content (AvgIpc) is 3.32. The van der Waals surface area contributed by atoms with Crippen molar-refractivity contribution in [2.45, 2.75) is 20.0 Å². The summed E-state index contributed by atoms with van der Waals surface area (Å²) in [5.41, 5.74) is 2.30. The van der Waals surface area contributed by atoms with Crippen LogP contribution in [0.1, 0.15) is 13.8 Å². The summed E-state index contributed by atoms with van der Waals surface area (Å²) >= 11 is 0. The van der Waals surface area contributed by atoms with Crippen molar-refractivity contribution in [3.05, 3.63) is 60.6 Å². The quantitative estimate of drug-likeness (QED) is 0.335. The summed E-state index contributed by atoms with van der Waals surface area (Å²) in [7, 11) is 4.64. The first kappa shape index (κ1) is 24.9. The first-order chi connectivity index (χ1) is 17.3. The smallest absolute Gasteiger partial charge is 0.189 e. The fourth-order valence-electron chi connectivity index (χ4n) is 3.41. The van der Waals surface area contributed by atoms with E-state index in [1.54, 1.807) is 29.2 Å². The van der Waals surface area contributed by atoms with Gasteiger partial charge in [0.15, 0.2) is 17.2 Å². The summed E-state index contributed by atoms with van der Waals surface area (Å²) in [4.78, 5) is 15.1. The summed E-state index contributed by atoms with van der Waals surface area (Å²) in [5.74, 6) is -0.184. The van der Waals surface area contributed by atoms with Gasteiger partial charge in [-0.2, -0.15) is 5.10 Å². The number of aromatic nitrogens is 5. The minimum absolute atomic E-state index is 0.0277. The summed E-state index contributed by atoms with van der Waals surface area (Å²) in [6.07, 6.45) is 6.37. The topological polar surface area (TPSA) is 108 Å². The lowest BCUT2D eigenvalue weighted by atomic mass is 10.2. The molecule has 36 heavy (non-hydrogen) atoms. The monoisotopic (exact) mass is 494 g/mol. The number of fused-ring (bicyclic) bond motifs is 1. The van der Waals surface area contributed by atoms with Crippen molar-refractivity contribution in [1.82, 2.24) is 24.7 Å². The number of hydrogen-bond acceptors (Lipinski definition) is 9. The molecular formula is C25H27FN6O4. The highest BCUT2D eigenvalue weighted by Gasteiger charge is 2.21. The lowest BCUT2D eigenvalue weighted by Gasteiger charge is -2.23. The van der Waals surface area contributed by atoms with E-state index < -0.39 is 5.82 Å². The van der Waals surface area contributed by atoms with Gasteiger partial charge in [-0.25, -0.2) is 14.4 Å². The number of ether oxygens (including phenoxy) is 3. The molecule has 0 saturated carbocycles. The van der Waals surface area contributed by atoms with E-state index in [1.807, 2.05) is 27.1 Å². The van der Waals surface area contributed by atoms with Crippen LogP contribution in [0.3, 0.4) is 0 Å². The van der Waals surface area contributed by atoms with Crippen molar-refractivity contribution in [3.63, 3.8) is 0 Å². The van der Waals surface area contributed by atoms with Crippen molar-refractivity contribution < 1.29 is 23.7 Å². The molecule has 0 aliphatic carbocycles. The second-order valence-corrected chi connectivity index (χ2v) is 8.18. The Morgan fingerprint density at radius 3 is 2.64 bits per heavy atom. The van der Waals surface area contributed by atoms with Crippen LogP contribution in [0.25, 0.3) is 22.4 Å². The van der Waals surface area contributed by atoms with Crippen LogP contribution in [0, 0.1) is 5.82 Å². The van der Waals surface area contributed by atoms with Crippen LogP contribution in [0.2, 0.25) is 0 Å². The van der Waals surface area contributed by atoms with Crippen LogP contribution in [-0.2, 0) is 11.8 Å². The molecule has 0 aliphatic rings. The fourth-order valence-corrected chi connectivity index (χ4v) is 3.41. The van der Waals surface area contributed by atoms with E-state index >= 15 is 4.39 Å². The highest BCUT2D eigenvalue weighted by atomic mass is 19.1. The number of aliphatic hydroxyl groups is 1. The molecule has 3 heterocycles. The van der Waals surface area contributed by atoms with Crippen LogP contribution in [0.4, 0.5) is 15.9 Å². The zero-order chi connectivity index (χ0) is 25.8. The Hall–Kier alpha value is -4.25. The molecule has 3 aromatic heterocycles. The number of halogens is 1. The van der Waals surface area contributed by atoms with E-state index in [1.165, 1.54) is 37.5 Å². The van der Waals surface area contributed by atoms with E-state index in [0.717, 1.165) is 5.56 Å². The second kappa shape index (κ2) is 10.6. The predicted molar refractivity (Wildman–Crippen MR) is 133 cm³/mol. The number of methoxy groups -OCH3 is 2. The Bertz CT molecular complexity index is 1400. The Kier molecular flexibility index (Phi) is 7.30. The number of aliphatic hydroxyl groups excluding tert-OH is 1. The molecule has 188 valence electrons. The molecular weight excluding hydrogens is 467 g/mol. The van der Waals surface area contributed by atoms with Crippen molar-refractivity contribution >= 4 is 22.7 Å². The molecule has 4 aromatic rings. The third kappa shape index (κ3) is 5.36. The van der Waals surface area contributed by atoms with E-state index in [9.17, 15) is 5.11 Å². The van der Waals surface area contributed by atoms with Crippen molar-refractivity contribution in [3.8, 4) is 22.8 Å². The van der Waals surface area contributed by atoms with Gasteiger partial charge in [0, 0.05) is 30.9 Å². The lowest BCUT2D eigenvalue weighted by molar-refractivity contribution is 0.0765. The van der Waals surface area contributed by atoms with Crippen LogP contribution in [-0.4, -0.2) is 56.8 Å². The van der Waals surface area contributed by atoms with Gasteiger partial charge in [-0.1, -0.05) is 0 Å². The minimum Gasteiger partial charge on any atom is -0.508 e. The number of pyridine rings is 1. The maximum Gasteiger partial charge on any atom is 0.189 e. The summed E-state index contributed by atoms with van der Waals surface area (Å²) in [6.45, 7) is 3.62. The van der Waals surface area contributed by atoms with Crippen molar-refractivity contribution in [2.75, 3.05) is 25.7 Å². The molecule has 1 aromatic carbocycles. The van der Waals surface area contributed by atoms with Crippen LogP contribution in [0.15, 0.2) is 54.8 Å². The number of aryl methyl sites for hydroxylation is 1. The Balaban J connectivity index is 1.85. The van der Waals surface area contributed by atoms with E-state index in [0.29, 0.717) is 22.6 Å². The first-order valence-electron chi connectivity index (χ1n) is 11.1. The van der Waals surface area contributed by atoms with E-state index in [2.05, 4.69) is 20.1 Å². The van der Waals surface area contributed by atoms with Gasteiger partial charge in [-0.3, -0.25) is 14.6 Å². The molecule has 0 bridgehead atoms. The molecule has 0 amide bonds. The van der Waals surface area contributed by atoms with Crippen molar-refractivity contribution in [1.29, 1.82) is 0 Å². The number of benzene rings is 1. The van der Waals surface area contributed by atoms with Gasteiger partial charge < -0.3 is 19.3 Å². The summed E-state index contributed by atoms with van der Waals surface area (Å²) in [6, 6.07) is 6.28. The number of rotatable bonds is 9. The number of nitrogens with zero attached hydrogens (tertiary/aromatic N) is 6.